The molecule has 0 radical (unpaired) electrons. The number of nitrogens with zero attached hydrogens (tertiary/aromatic N) is 2. The van der Waals surface area contributed by atoms with Gasteiger partial charge in [0.2, 0.25) is 10.0 Å². The van der Waals surface area contributed by atoms with E-state index in [9.17, 15) is 8.42 Å². The Kier molecular flexibility index (Phi) is 5.53. The standard InChI is InChI=1S/C22H26N2O3S/c1-18-2-4-19(5-3-18)9-15-28(25,26)24-12-10-23(11-13-24)17-20-6-7-22-21(16-20)8-14-27-22/h2-7,9,15-16H,8,10-14,17H2,1H3. The Morgan fingerprint density at radius 1 is 1.04 bits per heavy atom. The van der Waals surface area contributed by atoms with Crippen molar-refractivity contribution >= 4 is 16.1 Å². The van der Waals surface area contributed by atoms with E-state index in [4.69, 9.17) is 4.74 Å². The molecule has 6 heteroatoms. The van der Waals surface area contributed by atoms with Crippen molar-refractivity contribution in [2.75, 3.05) is 32.8 Å². The molecule has 0 bridgehead atoms. The van der Waals surface area contributed by atoms with Crippen molar-refractivity contribution < 1.29 is 13.2 Å². The van der Waals surface area contributed by atoms with E-state index >= 15 is 0 Å². The Hall–Kier alpha value is -2.15. The molecule has 2 aliphatic heterocycles. The lowest BCUT2D eigenvalue weighted by molar-refractivity contribution is 0.182. The van der Waals surface area contributed by atoms with Crippen LogP contribution < -0.4 is 4.74 Å². The van der Waals surface area contributed by atoms with E-state index < -0.39 is 10.0 Å². The summed E-state index contributed by atoms with van der Waals surface area (Å²) in [6, 6.07) is 14.2. The van der Waals surface area contributed by atoms with Gasteiger partial charge in [0, 0.05) is 44.6 Å². The van der Waals surface area contributed by atoms with Crippen molar-refractivity contribution in [2.45, 2.75) is 19.9 Å². The van der Waals surface area contributed by atoms with Crippen molar-refractivity contribution in [3.8, 4) is 5.75 Å². The first-order valence-electron chi connectivity index (χ1n) is 9.71. The van der Waals surface area contributed by atoms with Gasteiger partial charge >= 0.3 is 0 Å². The monoisotopic (exact) mass is 398 g/mol. The summed E-state index contributed by atoms with van der Waals surface area (Å²) in [7, 11) is -3.39. The Bertz CT molecular complexity index is 960. The number of piperazine rings is 1. The molecule has 0 spiro atoms. The average molecular weight is 399 g/mol. The number of hydrogen-bond donors (Lipinski definition) is 0. The lowest BCUT2D eigenvalue weighted by Gasteiger charge is -2.33. The number of sulfonamides is 1. The van der Waals surface area contributed by atoms with Crippen LogP contribution in [0.4, 0.5) is 0 Å². The predicted molar refractivity (Wildman–Crippen MR) is 112 cm³/mol. The number of ether oxygens (including phenoxy) is 1. The molecule has 2 heterocycles. The van der Waals surface area contributed by atoms with Crippen molar-refractivity contribution in [1.82, 2.24) is 9.21 Å². The van der Waals surface area contributed by atoms with Crippen LogP contribution in [-0.4, -0.2) is 50.4 Å². The van der Waals surface area contributed by atoms with Crippen LogP contribution in [0.25, 0.3) is 6.08 Å². The van der Waals surface area contributed by atoms with E-state index in [2.05, 4.69) is 17.0 Å². The van der Waals surface area contributed by atoms with Crippen molar-refractivity contribution in [3.05, 3.63) is 70.1 Å². The fraction of sp³-hybridized carbons (Fsp3) is 0.364. The summed E-state index contributed by atoms with van der Waals surface area (Å²) in [5, 5.41) is 1.33. The molecule has 0 unspecified atom stereocenters. The van der Waals surface area contributed by atoms with Crippen LogP contribution in [0, 0.1) is 6.92 Å². The SMILES string of the molecule is Cc1ccc(C=CS(=O)(=O)N2CCN(Cc3ccc4c(c3)CCO4)CC2)cc1. The van der Waals surface area contributed by atoms with E-state index in [1.54, 1.807) is 10.4 Å². The van der Waals surface area contributed by atoms with Crippen LogP contribution in [0.5, 0.6) is 5.75 Å². The Balaban J connectivity index is 1.33. The molecule has 0 saturated carbocycles. The number of aryl methyl sites for hydroxylation is 1. The molecule has 148 valence electrons. The molecule has 0 aromatic heterocycles. The molecule has 0 N–H and O–H groups in total. The van der Waals surface area contributed by atoms with Gasteiger partial charge in [-0.05, 0) is 35.8 Å². The minimum Gasteiger partial charge on any atom is -0.493 e. The molecule has 2 aromatic rings. The first kappa shape index (κ1) is 19.2. The Labute approximate surface area is 167 Å². The maximum absolute atomic E-state index is 12.6. The lowest BCUT2D eigenvalue weighted by atomic mass is 10.1. The summed E-state index contributed by atoms with van der Waals surface area (Å²) in [6.45, 7) is 6.16. The van der Waals surface area contributed by atoms with Gasteiger partial charge < -0.3 is 4.74 Å². The van der Waals surface area contributed by atoms with Gasteiger partial charge in [0.15, 0.2) is 0 Å². The largest absolute Gasteiger partial charge is 0.493 e. The minimum atomic E-state index is -3.39. The maximum atomic E-state index is 12.6. The summed E-state index contributed by atoms with van der Waals surface area (Å²) in [4.78, 5) is 2.31. The highest BCUT2D eigenvalue weighted by Gasteiger charge is 2.25. The van der Waals surface area contributed by atoms with Gasteiger partial charge in [-0.15, -0.1) is 0 Å². The molecular weight excluding hydrogens is 372 g/mol. The van der Waals surface area contributed by atoms with Crippen molar-refractivity contribution in [2.24, 2.45) is 0 Å². The van der Waals surface area contributed by atoms with Crippen molar-refractivity contribution in [3.63, 3.8) is 0 Å². The second-order valence-electron chi connectivity index (χ2n) is 7.47. The van der Waals surface area contributed by atoms with Crippen LogP contribution in [-0.2, 0) is 23.0 Å². The van der Waals surface area contributed by atoms with Gasteiger partial charge in [0.05, 0.1) is 6.61 Å². The predicted octanol–water partition coefficient (Wildman–Crippen LogP) is 3.05. The van der Waals surface area contributed by atoms with E-state index in [-0.39, 0.29) is 0 Å². The highest BCUT2D eigenvalue weighted by Crippen LogP contribution is 2.26. The minimum absolute atomic E-state index is 0.522. The van der Waals surface area contributed by atoms with E-state index in [1.807, 2.05) is 37.3 Å². The third kappa shape index (κ3) is 4.46. The van der Waals surface area contributed by atoms with Crippen molar-refractivity contribution in [1.29, 1.82) is 0 Å². The molecule has 1 saturated heterocycles. The van der Waals surface area contributed by atoms with E-state index in [0.29, 0.717) is 13.1 Å². The van der Waals surface area contributed by atoms with Gasteiger partial charge in [-0.2, -0.15) is 4.31 Å². The van der Waals surface area contributed by atoms with Crippen LogP contribution in [0.1, 0.15) is 22.3 Å². The number of rotatable bonds is 5. The zero-order chi connectivity index (χ0) is 19.6. The van der Waals surface area contributed by atoms with Crippen LogP contribution >= 0.6 is 0 Å². The van der Waals surface area contributed by atoms with Gasteiger partial charge in [-0.3, -0.25) is 4.90 Å². The molecule has 2 aliphatic rings. The van der Waals surface area contributed by atoms with Gasteiger partial charge in [0.1, 0.15) is 5.75 Å². The van der Waals surface area contributed by atoms with Gasteiger partial charge in [-0.1, -0.05) is 42.0 Å². The quantitative estimate of drug-likeness (QED) is 0.777. The second-order valence-corrected chi connectivity index (χ2v) is 9.29. The van der Waals surface area contributed by atoms with Crippen LogP contribution in [0.15, 0.2) is 47.9 Å². The van der Waals surface area contributed by atoms with Gasteiger partial charge in [0.25, 0.3) is 0 Å². The Morgan fingerprint density at radius 2 is 1.79 bits per heavy atom. The molecular formula is C22H26N2O3S. The summed E-state index contributed by atoms with van der Waals surface area (Å²) in [5.41, 5.74) is 4.60. The lowest BCUT2D eigenvalue weighted by Crippen LogP contribution is -2.47. The first-order chi connectivity index (χ1) is 13.5. The highest BCUT2D eigenvalue weighted by molar-refractivity contribution is 7.92. The molecule has 0 aliphatic carbocycles. The van der Waals surface area contributed by atoms with E-state index in [0.717, 1.165) is 49.5 Å². The third-order valence-corrected chi connectivity index (χ3v) is 6.93. The molecule has 5 nitrogen and oxygen atoms in total. The molecule has 0 atom stereocenters. The Morgan fingerprint density at radius 3 is 2.54 bits per heavy atom. The molecule has 1 fully saturated rings. The molecule has 28 heavy (non-hydrogen) atoms. The topological polar surface area (TPSA) is 49.9 Å². The molecule has 4 rings (SSSR count). The molecule has 0 amide bonds. The fourth-order valence-corrected chi connectivity index (χ4v) is 4.84. The maximum Gasteiger partial charge on any atom is 0.236 e. The smallest absolute Gasteiger partial charge is 0.236 e. The molecule has 2 aromatic carbocycles. The van der Waals surface area contributed by atoms with E-state index in [1.165, 1.54) is 16.5 Å². The zero-order valence-electron chi connectivity index (χ0n) is 16.2. The van der Waals surface area contributed by atoms with Crippen LogP contribution in [0.3, 0.4) is 0 Å². The van der Waals surface area contributed by atoms with Crippen LogP contribution in [0.2, 0.25) is 0 Å². The highest BCUT2D eigenvalue weighted by atomic mass is 32.2. The first-order valence-corrected chi connectivity index (χ1v) is 11.2. The second kappa shape index (κ2) is 8.07. The normalized spacial score (nSPS) is 18.3. The summed E-state index contributed by atoms with van der Waals surface area (Å²) < 4.78 is 32.4. The fourth-order valence-electron chi connectivity index (χ4n) is 3.67. The summed E-state index contributed by atoms with van der Waals surface area (Å²) in [5.74, 6) is 1.00. The average Bonchev–Trinajstić information content (AvgIpc) is 3.16. The summed E-state index contributed by atoms with van der Waals surface area (Å²) in [6.07, 6.45) is 2.65. The number of benzene rings is 2. The zero-order valence-corrected chi connectivity index (χ0v) is 17.0. The third-order valence-electron chi connectivity index (χ3n) is 5.36. The number of fused-ring (bicyclic) bond motifs is 1. The van der Waals surface area contributed by atoms with Gasteiger partial charge in [-0.25, -0.2) is 8.42 Å². The number of hydrogen-bond acceptors (Lipinski definition) is 4. The summed E-state index contributed by atoms with van der Waals surface area (Å²) >= 11 is 0.